The second kappa shape index (κ2) is 8.70. The highest BCUT2D eigenvalue weighted by Crippen LogP contribution is 2.20. The molecule has 3 rings (SSSR count). The van der Waals surface area contributed by atoms with Crippen LogP contribution in [0.25, 0.3) is 0 Å². The number of nitrogens with one attached hydrogen (secondary N) is 1. The molecule has 0 spiro atoms. The third-order valence-electron chi connectivity index (χ3n) is 5.10. The summed E-state index contributed by atoms with van der Waals surface area (Å²) in [6, 6.07) is 14.5. The molecule has 1 fully saturated rings. The molecule has 138 valence electrons. The number of para-hydroxylation sites is 1. The minimum absolute atomic E-state index is 0.0701. The lowest BCUT2D eigenvalue weighted by Gasteiger charge is -2.36. The predicted molar refractivity (Wildman–Crippen MR) is 108 cm³/mol. The summed E-state index contributed by atoms with van der Waals surface area (Å²) in [6.07, 6.45) is 3.48. The lowest BCUT2D eigenvalue weighted by atomic mass is 10.0. The highest BCUT2D eigenvalue weighted by atomic mass is 16.1. The van der Waals surface area contributed by atoms with Gasteiger partial charge < -0.3 is 15.1 Å². The Labute approximate surface area is 156 Å². The molecular weight excluding hydrogens is 324 g/mol. The lowest BCUT2D eigenvalue weighted by molar-refractivity contribution is -0.120. The molecule has 1 aliphatic rings. The van der Waals surface area contributed by atoms with Crippen molar-refractivity contribution in [1.29, 1.82) is 0 Å². The maximum absolute atomic E-state index is 12.2. The number of anilines is 3. The van der Waals surface area contributed by atoms with E-state index in [9.17, 15) is 4.79 Å². The fourth-order valence-electron chi connectivity index (χ4n) is 3.38. The van der Waals surface area contributed by atoms with Crippen LogP contribution in [0.3, 0.4) is 0 Å². The number of carbonyl (C=O) groups is 1. The van der Waals surface area contributed by atoms with Crippen LogP contribution in [-0.4, -0.2) is 37.1 Å². The van der Waals surface area contributed by atoms with E-state index in [-0.39, 0.29) is 11.8 Å². The summed E-state index contributed by atoms with van der Waals surface area (Å²) in [4.78, 5) is 21.4. The van der Waals surface area contributed by atoms with Crippen molar-refractivity contribution in [3.8, 4) is 0 Å². The van der Waals surface area contributed by atoms with E-state index < -0.39 is 0 Å². The molecular formula is C21H28N4O. The first-order chi connectivity index (χ1) is 12.7. The van der Waals surface area contributed by atoms with Crippen LogP contribution in [0.5, 0.6) is 0 Å². The number of amides is 1. The zero-order valence-corrected chi connectivity index (χ0v) is 15.7. The molecule has 1 aromatic carbocycles. The Hall–Kier alpha value is -2.56. The van der Waals surface area contributed by atoms with Crippen LogP contribution in [0, 0.1) is 5.92 Å². The average molecular weight is 352 g/mol. The molecule has 1 aliphatic heterocycles. The summed E-state index contributed by atoms with van der Waals surface area (Å²) in [5, 5.41) is 2.97. The van der Waals surface area contributed by atoms with E-state index in [4.69, 9.17) is 0 Å². The standard InChI is InChI=1S/C21H28N4O/c1-3-17(4-2)21(26)23-18-10-11-20(22-16-18)25-14-12-24(13-15-25)19-8-6-5-7-9-19/h5-11,16-17H,3-4,12-15H2,1-2H3,(H,23,26). The number of piperazine rings is 1. The third-order valence-corrected chi connectivity index (χ3v) is 5.10. The van der Waals surface area contributed by atoms with Gasteiger partial charge in [0.15, 0.2) is 0 Å². The smallest absolute Gasteiger partial charge is 0.227 e. The quantitative estimate of drug-likeness (QED) is 0.859. The second-order valence-electron chi connectivity index (χ2n) is 6.72. The first kappa shape index (κ1) is 18.2. The van der Waals surface area contributed by atoms with Gasteiger partial charge in [-0.05, 0) is 37.1 Å². The van der Waals surface area contributed by atoms with Gasteiger partial charge in [-0.15, -0.1) is 0 Å². The molecule has 0 bridgehead atoms. The van der Waals surface area contributed by atoms with E-state index in [1.165, 1.54) is 5.69 Å². The molecule has 1 aromatic heterocycles. The van der Waals surface area contributed by atoms with E-state index >= 15 is 0 Å². The number of carbonyl (C=O) groups excluding carboxylic acids is 1. The lowest BCUT2D eigenvalue weighted by Crippen LogP contribution is -2.46. The highest BCUT2D eigenvalue weighted by Gasteiger charge is 2.19. The molecule has 26 heavy (non-hydrogen) atoms. The largest absolute Gasteiger partial charge is 0.368 e. The average Bonchev–Trinajstić information content (AvgIpc) is 2.70. The molecule has 0 aliphatic carbocycles. The zero-order chi connectivity index (χ0) is 18.4. The Morgan fingerprint density at radius 2 is 1.65 bits per heavy atom. The van der Waals surface area contributed by atoms with Crippen molar-refractivity contribution in [2.24, 2.45) is 5.92 Å². The molecule has 1 saturated heterocycles. The number of hydrogen-bond acceptors (Lipinski definition) is 4. The van der Waals surface area contributed by atoms with E-state index in [0.717, 1.165) is 50.5 Å². The first-order valence-corrected chi connectivity index (χ1v) is 9.53. The van der Waals surface area contributed by atoms with Gasteiger partial charge in [-0.25, -0.2) is 4.98 Å². The number of rotatable bonds is 6. The van der Waals surface area contributed by atoms with Crippen molar-refractivity contribution in [3.05, 3.63) is 48.7 Å². The SMILES string of the molecule is CCC(CC)C(=O)Nc1ccc(N2CCN(c3ccccc3)CC2)nc1. The van der Waals surface area contributed by atoms with Gasteiger partial charge in [-0.2, -0.15) is 0 Å². The van der Waals surface area contributed by atoms with Crippen LogP contribution < -0.4 is 15.1 Å². The summed E-state index contributed by atoms with van der Waals surface area (Å²) in [6.45, 7) is 7.95. The summed E-state index contributed by atoms with van der Waals surface area (Å²) >= 11 is 0. The summed E-state index contributed by atoms with van der Waals surface area (Å²) < 4.78 is 0. The monoisotopic (exact) mass is 352 g/mol. The highest BCUT2D eigenvalue weighted by molar-refractivity contribution is 5.92. The molecule has 0 atom stereocenters. The molecule has 5 heteroatoms. The van der Waals surface area contributed by atoms with Crippen LogP contribution in [-0.2, 0) is 4.79 Å². The normalized spacial score (nSPS) is 14.6. The van der Waals surface area contributed by atoms with E-state index in [2.05, 4.69) is 44.4 Å². The van der Waals surface area contributed by atoms with Crippen LogP contribution in [0.1, 0.15) is 26.7 Å². The fraction of sp³-hybridized carbons (Fsp3) is 0.429. The first-order valence-electron chi connectivity index (χ1n) is 9.53. The zero-order valence-electron chi connectivity index (χ0n) is 15.7. The maximum Gasteiger partial charge on any atom is 0.227 e. The molecule has 5 nitrogen and oxygen atoms in total. The molecule has 2 heterocycles. The Bertz CT molecular complexity index is 690. The van der Waals surface area contributed by atoms with Gasteiger partial charge in [-0.1, -0.05) is 32.0 Å². The summed E-state index contributed by atoms with van der Waals surface area (Å²) in [5.74, 6) is 1.13. The Kier molecular flexibility index (Phi) is 6.10. The molecule has 0 radical (unpaired) electrons. The Morgan fingerprint density at radius 1 is 1.00 bits per heavy atom. The predicted octanol–water partition coefficient (Wildman–Crippen LogP) is 3.78. The van der Waals surface area contributed by atoms with Crippen LogP contribution in [0.15, 0.2) is 48.7 Å². The molecule has 0 saturated carbocycles. The fourth-order valence-corrected chi connectivity index (χ4v) is 3.38. The van der Waals surface area contributed by atoms with Crippen molar-refractivity contribution in [2.45, 2.75) is 26.7 Å². The second-order valence-corrected chi connectivity index (χ2v) is 6.72. The minimum Gasteiger partial charge on any atom is -0.368 e. The molecule has 1 N–H and O–H groups in total. The van der Waals surface area contributed by atoms with Crippen molar-refractivity contribution < 1.29 is 4.79 Å². The topological polar surface area (TPSA) is 48.5 Å². The molecule has 2 aromatic rings. The van der Waals surface area contributed by atoms with Gasteiger partial charge in [0, 0.05) is 37.8 Å². The molecule has 1 amide bonds. The number of benzene rings is 1. The van der Waals surface area contributed by atoms with Crippen molar-refractivity contribution in [1.82, 2.24) is 4.98 Å². The van der Waals surface area contributed by atoms with Crippen LogP contribution in [0.2, 0.25) is 0 Å². The minimum atomic E-state index is 0.0701. The van der Waals surface area contributed by atoms with Gasteiger partial charge in [-0.3, -0.25) is 4.79 Å². The van der Waals surface area contributed by atoms with Crippen molar-refractivity contribution in [2.75, 3.05) is 41.3 Å². The summed E-state index contributed by atoms with van der Waals surface area (Å²) in [7, 11) is 0. The van der Waals surface area contributed by atoms with Crippen molar-refractivity contribution >= 4 is 23.1 Å². The third kappa shape index (κ3) is 4.34. The number of nitrogens with zero attached hydrogens (tertiary/aromatic N) is 3. The number of pyridine rings is 1. The van der Waals surface area contributed by atoms with E-state index in [0.29, 0.717) is 0 Å². The van der Waals surface area contributed by atoms with Crippen LogP contribution >= 0.6 is 0 Å². The van der Waals surface area contributed by atoms with E-state index in [1.54, 1.807) is 6.20 Å². The number of hydrogen-bond donors (Lipinski definition) is 1. The Morgan fingerprint density at radius 3 is 2.23 bits per heavy atom. The van der Waals surface area contributed by atoms with Gasteiger partial charge in [0.25, 0.3) is 0 Å². The van der Waals surface area contributed by atoms with Gasteiger partial charge in [0.1, 0.15) is 5.82 Å². The number of aromatic nitrogens is 1. The van der Waals surface area contributed by atoms with Crippen molar-refractivity contribution in [3.63, 3.8) is 0 Å². The molecule has 0 unspecified atom stereocenters. The van der Waals surface area contributed by atoms with Gasteiger partial charge in [0.2, 0.25) is 5.91 Å². The Balaban J connectivity index is 1.55. The van der Waals surface area contributed by atoms with E-state index in [1.807, 2.05) is 32.0 Å². The van der Waals surface area contributed by atoms with Gasteiger partial charge >= 0.3 is 0 Å². The maximum atomic E-state index is 12.2. The van der Waals surface area contributed by atoms with Crippen LogP contribution in [0.4, 0.5) is 17.2 Å². The van der Waals surface area contributed by atoms with Gasteiger partial charge in [0.05, 0.1) is 11.9 Å². The summed E-state index contributed by atoms with van der Waals surface area (Å²) in [5.41, 5.74) is 2.05.